The summed E-state index contributed by atoms with van der Waals surface area (Å²) in [4.78, 5) is 17.7. The van der Waals surface area contributed by atoms with Gasteiger partial charge in [0.15, 0.2) is 0 Å². The number of aromatic nitrogens is 1. The Morgan fingerprint density at radius 1 is 1.29 bits per heavy atom. The Morgan fingerprint density at radius 2 is 2.04 bits per heavy atom. The number of likely N-dealkylation sites (tertiary alicyclic amines) is 1. The average molecular weight is 353 g/mol. The van der Waals surface area contributed by atoms with Crippen LogP contribution in [0.3, 0.4) is 0 Å². The Bertz CT molecular complexity index is 737. The number of hydrogen-bond acceptors (Lipinski definition) is 3. The lowest BCUT2D eigenvalue weighted by Crippen LogP contribution is -2.44. The van der Waals surface area contributed by atoms with E-state index < -0.39 is 23.1 Å². The second kappa shape index (κ2) is 7.13. The minimum absolute atomic E-state index is 0.241. The van der Waals surface area contributed by atoms with Crippen molar-refractivity contribution in [2.45, 2.75) is 18.9 Å². The van der Waals surface area contributed by atoms with E-state index in [-0.39, 0.29) is 12.6 Å². The molecule has 0 saturated carbocycles. The van der Waals surface area contributed by atoms with Gasteiger partial charge in [-0.3, -0.25) is 9.78 Å². The molecule has 0 N–H and O–H groups in total. The van der Waals surface area contributed by atoms with E-state index in [4.69, 9.17) is 16.3 Å². The van der Waals surface area contributed by atoms with Gasteiger partial charge in [0.05, 0.1) is 6.54 Å². The maximum Gasteiger partial charge on any atom is 0.259 e. The van der Waals surface area contributed by atoms with E-state index in [1.807, 2.05) is 0 Å². The fourth-order valence-corrected chi connectivity index (χ4v) is 2.88. The molecule has 0 radical (unpaired) electrons. The van der Waals surface area contributed by atoms with Crippen molar-refractivity contribution in [1.82, 2.24) is 9.88 Å². The van der Waals surface area contributed by atoms with Crippen molar-refractivity contribution in [2.75, 3.05) is 13.1 Å². The number of amides is 1. The molecule has 0 spiro atoms. The van der Waals surface area contributed by atoms with Crippen LogP contribution in [-0.2, 0) is 0 Å². The quantitative estimate of drug-likeness (QED) is 0.846. The maximum absolute atomic E-state index is 13.8. The molecule has 1 aromatic carbocycles. The SMILES string of the molecule is O=C(c1c(F)cccc1F)N1CCCC(Oc2ccncc2Cl)C1. The van der Waals surface area contributed by atoms with Gasteiger partial charge in [-0.05, 0) is 25.0 Å². The molecule has 1 aliphatic rings. The van der Waals surface area contributed by atoms with Crippen molar-refractivity contribution in [3.63, 3.8) is 0 Å². The molecule has 1 fully saturated rings. The molecule has 4 nitrogen and oxygen atoms in total. The van der Waals surface area contributed by atoms with Crippen LogP contribution in [-0.4, -0.2) is 35.0 Å². The van der Waals surface area contributed by atoms with E-state index in [2.05, 4.69) is 4.98 Å². The van der Waals surface area contributed by atoms with Crippen molar-refractivity contribution < 1.29 is 18.3 Å². The highest BCUT2D eigenvalue weighted by Gasteiger charge is 2.29. The number of benzene rings is 1. The lowest BCUT2D eigenvalue weighted by molar-refractivity contribution is 0.0529. The molecule has 0 bridgehead atoms. The summed E-state index contributed by atoms with van der Waals surface area (Å²) in [5.74, 6) is -1.91. The molecule has 2 heterocycles. The predicted octanol–water partition coefficient (Wildman–Crippen LogP) is 3.70. The third-order valence-corrected chi connectivity index (χ3v) is 4.15. The molecule has 1 atom stereocenters. The number of nitrogens with zero attached hydrogens (tertiary/aromatic N) is 2. The Hall–Kier alpha value is -2.21. The second-order valence-corrected chi connectivity index (χ2v) is 5.94. The molecule has 0 aliphatic carbocycles. The van der Waals surface area contributed by atoms with Crippen LogP contribution < -0.4 is 4.74 Å². The zero-order valence-electron chi connectivity index (χ0n) is 12.7. The van der Waals surface area contributed by atoms with Crippen LogP contribution in [0.1, 0.15) is 23.2 Å². The van der Waals surface area contributed by atoms with Crippen LogP contribution in [0.25, 0.3) is 0 Å². The predicted molar refractivity (Wildman–Crippen MR) is 85.2 cm³/mol. The fourth-order valence-electron chi connectivity index (χ4n) is 2.72. The normalized spacial score (nSPS) is 17.6. The summed E-state index contributed by atoms with van der Waals surface area (Å²) in [7, 11) is 0. The summed E-state index contributed by atoms with van der Waals surface area (Å²) in [6.07, 6.45) is 4.13. The molecule has 7 heteroatoms. The van der Waals surface area contributed by atoms with Gasteiger partial charge in [0.2, 0.25) is 0 Å². The zero-order valence-corrected chi connectivity index (χ0v) is 13.5. The number of halogens is 3. The summed E-state index contributed by atoms with van der Waals surface area (Å²) in [6.45, 7) is 0.668. The van der Waals surface area contributed by atoms with Crippen molar-refractivity contribution in [3.05, 3.63) is 58.9 Å². The summed E-state index contributed by atoms with van der Waals surface area (Å²) in [6, 6.07) is 5.02. The molecule has 3 rings (SSSR count). The van der Waals surface area contributed by atoms with Gasteiger partial charge in [0, 0.05) is 25.0 Å². The third kappa shape index (κ3) is 3.48. The first-order valence-electron chi connectivity index (χ1n) is 7.55. The molecule has 2 aromatic rings. The zero-order chi connectivity index (χ0) is 17.1. The van der Waals surface area contributed by atoms with Gasteiger partial charge in [-0.2, -0.15) is 0 Å². The molecular weight excluding hydrogens is 338 g/mol. The van der Waals surface area contributed by atoms with Crippen LogP contribution in [0.5, 0.6) is 5.75 Å². The molecule has 1 saturated heterocycles. The lowest BCUT2D eigenvalue weighted by Gasteiger charge is -2.33. The van der Waals surface area contributed by atoms with E-state index in [9.17, 15) is 13.6 Å². The topological polar surface area (TPSA) is 42.4 Å². The highest BCUT2D eigenvalue weighted by atomic mass is 35.5. The number of carbonyl (C=O) groups is 1. The van der Waals surface area contributed by atoms with Gasteiger partial charge < -0.3 is 9.64 Å². The fraction of sp³-hybridized carbons (Fsp3) is 0.294. The number of pyridine rings is 1. The summed E-state index contributed by atoms with van der Waals surface area (Å²) < 4.78 is 33.4. The summed E-state index contributed by atoms with van der Waals surface area (Å²) >= 11 is 6.01. The van der Waals surface area contributed by atoms with Crippen molar-refractivity contribution in [3.8, 4) is 5.75 Å². The molecule has 1 aromatic heterocycles. The maximum atomic E-state index is 13.8. The Balaban J connectivity index is 1.74. The van der Waals surface area contributed by atoms with Crippen molar-refractivity contribution in [1.29, 1.82) is 0 Å². The lowest BCUT2D eigenvalue weighted by atomic mass is 10.1. The first-order valence-corrected chi connectivity index (χ1v) is 7.93. The van der Waals surface area contributed by atoms with Gasteiger partial charge in [-0.25, -0.2) is 8.78 Å². The highest BCUT2D eigenvalue weighted by molar-refractivity contribution is 6.31. The number of rotatable bonds is 3. The molecule has 1 aliphatic heterocycles. The smallest absolute Gasteiger partial charge is 0.259 e. The van der Waals surface area contributed by atoms with E-state index in [1.165, 1.54) is 17.2 Å². The van der Waals surface area contributed by atoms with Crippen molar-refractivity contribution in [2.24, 2.45) is 0 Å². The Labute approximate surface area is 143 Å². The van der Waals surface area contributed by atoms with Gasteiger partial charge in [0.25, 0.3) is 5.91 Å². The second-order valence-electron chi connectivity index (χ2n) is 5.54. The molecule has 24 heavy (non-hydrogen) atoms. The van der Waals surface area contributed by atoms with E-state index in [0.29, 0.717) is 23.7 Å². The number of carbonyl (C=O) groups excluding carboxylic acids is 1. The largest absolute Gasteiger partial charge is 0.487 e. The Morgan fingerprint density at radius 3 is 2.75 bits per heavy atom. The van der Waals surface area contributed by atoms with Crippen molar-refractivity contribution >= 4 is 17.5 Å². The highest BCUT2D eigenvalue weighted by Crippen LogP contribution is 2.26. The average Bonchev–Trinajstić information content (AvgIpc) is 2.57. The monoisotopic (exact) mass is 352 g/mol. The van der Waals surface area contributed by atoms with Gasteiger partial charge in [0.1, 0.15) is 34.1 Å². The van der Waals surface area contributed by atoms with Gasteiger partial charge in [-0.15, -0.1) is 0 Å². The Kier molecular flexibility index (Phi) is 4.94. The first-order chi connectivity index (χ1) is 11.6. The van der Waals surface area contributed by atoms with Crippen LogP contribution in [0.15, 0.2) is 36.7 Å². The van der Waals surface area contributed by atoms with Crippen LogP contribution in [0, 0.1) is 11.6 Å². The number of hydrogen-bond donors (Lipinski definition) is 0. The van der Waals surface area contributed by atoms with E-state index >= 15 is 0 Å². The van der Waals surface area contributed by atoms with Gasteiger partial charge >= 0.3 is 0 Å². The van der Waals surface area contributed by atoms with Crippen LogP contribution >= 0.6 is 11.6 Å². The van der Waals surface area contributed by atoms with Crippen LogP contribution in [0.4, 0.5) is 8.78 Å². The summed E-state index contributed by atoms with van der Waals surface area (Å²) in [5, 5.41) is 0.376. The minimum atomic E-state index is -0.861. The standard InChI is InChI=1S/C17H15ClF2N2O2/c18-12-9-21-7-6-15(12)24-11-3-2-8-22(10-11)17(23)16-13(19)4-1-5-14(16)20/h1,4-7,9,11H,2-3,8,10H2. The van der Waals surface area contributed by atoms with E-state index in [0.717, 1.165) is 18.6 Å². The van der Waals surface area contributed by atoms with E-state index in [1.54, 1.807) is 12.3 Å². The molecular formula is C17H15ClF2N2O2. The third-order valence-electron chi connectivity index (χ3n) is 3.87. The molecule has 1 unspecified atom stereocenters. The molecule has 1 amide bonds. The first kappa shape index (κ1) is 16.6. The number of piperidine rings is 1. The van der Waals surface area contributed by atoms with Gasteiger partial charge in [-0.1, -0.05) is 17.7 Å². The summed E-state index contributed by atoms with van der Waals surface area (Å²) in [5.41, 5.74) is -0.528. The minimum Gasteiger partial charge on any atom is -0.487 e. The van der Waals surface area contributed by atoms with Crippen LogP contribution in [0.2, 0.25) is 5.02 Å². The number of ether oxygens (including phenoxy) is 1. The molecule has 126 valence electrons.